The molecule has 166 valence electrons. The molecule has 7 nitrogen and oxygen atoms in total. The minimum Gasteiger partial charge on any atom is -0.476 e. The van der Waals surface area contributed by atoms with E-state index in [0.717, 1.165) is 5.52 Å². The molecule has 2 heterocycles. The monoisotopic (exact) mass is 444 g/mol. The number of hydrogen-bond acceptors (Lipinski definition) is 6. The van der Waals surface area contributed by atoms with E-state index in [1.165, 1.54) is 13.2 Å². The number of nitrogens with zero attached hydrogens (tertiary/aromatic N) is 3. The predicted octanol–water partition coefficient (Wildman–Crippen LogP) is 4.88. The molecule has 0 radical (unpaired) electrons. The van der Waals surface area contributed by atoms with Crippen LogP contribution in [0.25, 0.3) is 33.5 Å². The van der Waals surface area contributed by atoms with E-state index in [1.54, 1.807) is 62.5 Å². The van der Waals surface area contributed by atoms with Crippen molar-refractivity contribution in [2.75, 3.05) is 13.7 Å². The van der Waals surface area contributed by atoms with Crippen molar-refractivity contribution >= 4 is 17.0 Å². The molecule has 0 bridgehead atoms. The highest BCUT2D eigenvalue weighted by atomic mass is 19.1. The van der Waals surface area contributed by atoms with Crippen LogP contribution in [0.5, 0.6) is 5.88 Å². The van der Waals surface area contributed by atoms with Crippen molar-refractivity contribution in [1.29, 1.82) is 5.26 Å². The number of nitriles is 1. The van der Waals surface area contributed by atoms with E-state index < -0.39 is 11.2 Å². The maximum Gasteiger partial charge on any atom is 0.314 e. The van der Waals surface area contributed by atoms with Crippen LogP contribution in [-0.2, 0) is 9.53 Å². The fourth-order valence-corrected chi connectivity index (χ4v) is 3.32. The van der Waals surface area contributed by atoms with E-state index in [2.05, 4.69) is 21.0 Å². The number of aromatic nitrogens is 3. The summed E-state index contributed by atoms with van der Waals surface area (Å²) in [6, 6.07) is 15.4. The SMILES string of the molecule is COC(=O)C(C)(C)COc1ccc(-c2ccc(-c3nc4cc(C#N)ccc4[nH]3)c(F)c2)cn1. The lowest BCUT2D eigenvalue weighted by atomic mass is 9.95. The highest BCUT2D eigenvalue weighted by Crippen LogP contribution is 2.29. The molecule has 0 atom stereocenters. The number of methoxy groups -OCH3 is 1. The van der Waals surface area contributed by atoms with Crippen molar-refractivity contribution in [3.63, 3.8) is 0 Å². The molecule has 0 saturated carbocycles. The molecular weight excluding hydrogens is 423 g/mol. The number of nitrogens with one attached hydrogen (secondary N) is 1. The van der Waals surface area contributed by atoms with Gasteiger partial charge in [0.1, 0.15) is 18.2 Å². The zero-order valence-corrected chi connectivity index (χ0v) is 18.3. The van der Waals surface area contributed by atoms with Crippen LogP contribution in [0.1, 0.15) is 19.4 Å². The van der Waals surface area contributed by atoms with E-state index in [0.29, 0.717) is 39.5 Å². The van der Waals surface area contributed by atoms with Crippen LogP contribution >= 0.6 is 0 Å². The number of ether oxygens (including phenoxy) is 2. The van der Waals surface area contributed by atoms with E-state index in [1.807, 2.05) is 0 Å². The Hall–Kier alpha value is -4.25. The Morgan fingerprint density at radius 1 is 1.15 bits per heavy atom. The van der Waals surface area contributed by atoms with Crippen molar-refractivity contribution in [2.45, 2.75) is 13.8 Å². The second kappa shape index (κ2) is 8.71. The molecule has 33 heavy (non-hydrogen) atoms. The van der Waals surface area contributed by atoms with Gasteiger partial charge in [0, 0.05) is 17.8 Å². The molecule has 0 spiro atoms. The molecule has 2 aromatic carbocycles. The molecule has 0 aliphatic rings. The number of carbonyl (C=O) groups is 1. The average Bonchev–Trinajstić information content (AvgIpc) is 3.25. The third kappa shape index (κ3) is 4.53. The molecule has 0 saturated heterocycles. The van der Waals surface area contributed by atoms with Crippen LogP contribution in [0.2, 0.25) is 0 Å². The number of hydrogen-bond donors (Lipinski definition) is 1. The van der Waals surface area contributed by atoms with Gasteiger partial charge < -0.3 is 14.5 Å². The summed E-state index contributed by atoms with van der Waals surface area (Å²) in [6.45, 7) is 3.56. The van der Waals surface area contributed by atoms with Gasteiger partial charge in [-0.1, -0.05) is 6.07 Å². The summed E-state index contributed by atoms with van der Waals surface area (Å²) in [4.78, 5) is 23.5. The van der Waals surface area contributed by atoms with Gasteiger partial charge in [-0.25, -0.2) is 14.4 Å². The van der Waals surface area contributed by atoms with Crippen molar-refractivity contribution in [3.8, 4) is 34.5 Å². The number of pyridine rings is 1. The lowest BCUT2D eigenvalue weighted by molar-refractivity contribution is -0.152. The van der Waals surface area contributed by atoms with E-state index in [9.17, 15) is 9.18 Å². The fraction of sp³-hybridized carbons (Fsp3) is 0.200. The Labute approximate surface area is 189 Å². The molecule has 1 N–H and O–H groups in total. The van der Waals surface area contributed by atoms with Crippen molar-refractivity contribution in [2.24, 2.45) is 5.41 Å². The summed E-state index contributed by atoms with van der Waals surface area (Å²) in [7, 11) is 1.33. The van der Waals surface area contributed by atoms with Crippen molar-refractivity contribution < 1.29 is 18.7 Å². The molecule has 0 amide bonds. The van der Waals surface area contributed by atoms with Gasteiger partial charge >= 0.3 is 5.97 Å². The van der Waals surface area contributed by atoms with E-state index in [-0.39, 0.29) is 12.6 Å². The van der Waals surface area contributed by atoms with Crippen LogP contribution in [0, 0.1) is 22.6 Å². The van der Waals surface area contributed by atoms with Gasteiger partial charge in [0.2, 0.25) is 5.88 Å². The molecule has 0 fully saturated rings. The molecule has 4 aromatic rings. The normalized spacial score (nSPS) is 11.2. The van der Waals surface area contributed by atoms with Crippen molar-refractivity contribution in [1.82, 2.24) is 15.0 Å². The van der Waals surface area contributed by atoms with Gasteiger partial charge in [-0.05, 0) is 55.8 Å². The second-order valence-electron chi connectivity index (χ2n) is 8.17. The molecule has 4 rings (SSSR count). The van der Waals surface area contributed by atoms with Gasteiger partial charge in [-0.15, -0.1) is 0 Å². The summed E-state index contributed by atoms with van der Waals surface area (Å²) < 4.78 is 25.3. The average molecular weight is 444 g/mol. The molecule has 0 aliphatic carbocycles. The van der Waals surface area contributed by atoms with Crippen LogP contribution in [0.15, 0.2) is 54.7 Å². The minimum atomic E-state index is -0.805. The first-order valence-electron chi connectivity index (χ1n) is 10.2. The minimum absolute atomic E-state index is 0.114. The topological polar surface area (TPSA) is 101 Å². The van der Waals surface area contributed by atoms with E-state index in [4.69, 9.17) is 14.7 Å². The number of H-pyrrole nitrogens is 1. The Kier molecular flexibility index (Phi) is 5.80. The van der Waals surface area contributed by atoms with Gasteiger partial charge in [0.15, 0.2) is 0 Å². The number of rotatable bonds is 6. The summed E-state index contributed by atoms with van der Waals surface area (Å²) in [6.07, 6.45) is 1.58. The Morgan fingerprint density at radius 3 is 2.61 bits per heavy atom. The van der Waals surface area contributed by atoms with E-state index >= 15 is 0 Å². The standard InChI is InChI=1S/C25H21FN4O3/c1-25(2,24(31)32-3)14-33-22-9-6-17(13-28-22)16-5-7-18(19(26)11-16)23-29-20-8-4-15(12-27)10-21(20)30-23/h4-11,13H,14H2,1-3H3,(H,29,30). The molecular formula is C25H21FN4O3. The van der Waals surface area contributed by atoms with Crippen LogP contribution in [-0.4, -0.2) is 34.6 Å². The number of halogens is 1. The summed E-state index contributed by atoms with van der Waals surface area (Å²) >= 11 is 0. The molecule has 8 heteroatoms. The zero-order valence-electron chi connectivity index (χ0n) is 18.3. The Bertz CT molecular complexity index is 1370. The summed E-state index contributed by atoms with van der Waals surface area (Å²) in [5.41, 5.74) is 2.69. The summed E-state index contributed by atoms with van der Waals surface area (Å²) in [5, 5.41) is 9.04. The fourth-order valence-electron chi connectivity index (χ4n) is 3.32. The second-order valence-corrected chi connectivity index (χ2v) is 8.17. The number of imidazole rings is 1. The quantitative estimate of drug-likeness (QED) is 0.425. The third-order valence-corrected chi connectivity index (χ3v) is 5.22. The number of benzene rings is 2. The number of carbonyl (C=O) groups excluding carboxylic acids is 1. The zero-order chi connectivity index (χ0) is 23.6. The first-order chi connectivity index (χ1) is 15.8. The van der Waals surface area contributed by atoms with Crippen LogP contribution in [0.4, 0.5) is 4.39 Å². The van der Waals surface area contributed by atoms with Gasteiger partial charge in [-0.3, -0.25) is 4.79 Å². The first kappa shape index (κ1) is 22.0. The first-order valence-corrected chi connectivity index (χ1v) is 10.2. The van der Waals surface area contributed by atoms with Gasteiger partial charge in [0.05, 0.1) is 40.8 Å². The molecule has 0 unspecified atom stereocenters. The number of aromatic amines is 1. The Morgan fingerprint density at radius 2 is 1.94 bits per heavy atom. The van der Waals surface area contributed by atoms with Crippen molar-refractivity contribution in [3.05, 3.63) is 66.1 Å². The Balaban J connectivity index is 1.52. The highest BCUT2D eigenvalue weighted by molar-refractivity contribution is 5.81. The maximum atomic E-state index is 14.9. The molecule has 0 aliphatic heterocycles. The third-order valence-electron chi connectivity index (χ3n) is 5.22. The smallest absolute Gasteiger partial charge is 0.314 e. The lowest BCUT2D eigenvalue weighted by Crippen LogP contribution is -2.32. The van der Waals surface area contributed by atoms with Crippen LogP contribution in [0.3, 0.4) is 0 Å². The maximum absolute atomic E-state index is 14.9. The lowest BCUT2D eigenvalue weighted by Gasteiger charge is -2.21. The highest BCUT2D eigenvalue weighted by Gasteiger charge is 2.29. The number of esters is 1. The summed E-state index contributed by atoms with van der Waals surface area (Å²) in [5.74, 6) is -0.0667. The largest absolute Gasteiger partial charge is 0.476 e. The predicted molar refractivity (Wildman–Crippen MR) is 121 cm³/mol. The van der Waals surface area contributed by atoms with Gasteiger partial charge in [0.25, 0.3) is 0 Å². The number of fused-ring (bicyclic) bond motifs is 1. The van der Waals surface area contributed by atoms with Crippen LogP contribution < -0.4 is 4.74 Å². The molecule has 2 aromatic heterocycles. The van der Waals surface area contributed by atoms with Gasteiger partial charge in [-0.2, -0.15) is 5.26 Å².